The van der Waals surface area contributed by atoms with E-state index in [1.165, 1.54) is 24.8 Å². The van der Waals surface area contributed by atoms with Crippen LogP contribution in [-0.2, 0) is 14.3 Å². The topological polar surface area (TPSA) is 111 Å². The van der Waals surface area contributed by atoms with E-state index in [1.807, 2.05) is 6.92 Å². The number of aryl methyl sites for hydroxylation is 1. The van der Waals surface area contributed by atoms with Crippen molar-refractivity contribution >= 4 is 39.3 Å². The van der Waals surface area contributed by atoms with Gasteiger partial charge in [0.05, 0.1) is 12.0 Å². The number of ether oxygens (including phenoxy) is 2. The second-order valence-corrected chi connectivity index (χ2v) is 6.76. The summed E-state index contributed by atoms with van der Waals surface area (Å²) in [6.45, 7) is 4.27. The van der Waals surface area contributed by atoms with E-state index in [4.69, 9.17) is 9.47 Å². The van der Waals surface area contributed by atoms with Crippen LogP contribution in [0.25, 0.3) is 10.2 Å². The van der Waals surface area contributed by atoms with Crippen LogP contribution in [-0.4, -0.2) is 53.4 Å². The number of carboxylic acid groups (broad SMARTS) is 1. The van der Waals surface area contributed by atoms with Crippen LogP contribution in [0.3, 0.4) is 0 Å². The number of thiophene rings is 1. The molecule has 9 heteroatoms. The maximum Gasteiger partial charge on any atom is 0.348 e. The number of aromatic nitrogens is 2. The molecule has 0 aliphatic carbocycles. The third kappa shape index (κ3) is 4.67. The molecule has 0 amide bonds. The molecule has 2 aromatic rings. The van der Waals surface area contributed by atoms with Crippen molar-refractivity contribution < 1.29 is 24.2 Å². The Balaban J connectivity index is 2.31. The predicted molar refractivity (Wildman–Crippen MR) is 98.9 cm³/mol. The first-order valence-corrected chi connectivity index (χ1v) is 9.20. The lowest BCUT2D eigenvalue weighted by molar-refractivity contribution is -0.138. The minimum Gasteiger partial charge on any atom is -0.480 e. The fourth-order valence-electron chi connectivity index (χ4n) is 2.49. The summed E-state index contributed by atoms with van der Waals surface area (Å²) in [5.74, 6) is -0.963. The summed E-state index contributed by atoms with van der Waals surface area (Å²) >= 11 is 1.20. The third-order valence-corrected chi connectivity index (χ3v) is 5.07. The number of fused-ring (bicyclic) bond motifs is 1. The van der Waals surface area contributed by atoms with Gasteiger partial charge < -0.3 is 19.9 Å². The summed E-state index contributed by atoms with van der Waals surface area (Å²) in [6, 6.07) is -0.746. The lowest BCUT2D eigenvalue weighted by Gasteiger charge is -2.15. The van der Waals surface area contributed by atoms with Crippen molar-refractivity contribution in [3.63, 3.8) is 0 Å². The fraction of sp³-hybridized carbons (Fsp3) is 0.529. The Kier molecular flexibility index (Phi) is 7.28. The highest BCUT2D eigenvalue weighted by Crippen LogP contribution is 2.34. The molecule has 0 spiro atoms. The molecule has 0 aromatic carbocycles. The number of carbonyl (C=O) groups is 2. The number of unbranched alkanes of at least 4 members (excludes halogenated alkanes) is 1. The van der Waals surface area contributed by atoms with Gasteiger partial charge in [0, 0.05) is 7.11 Å². The van der Waals surface area contributed by atoms with E-state index in [9.17, 15) is 14.7 Å². The molecule has 2 aromatic heterocycles. The molecule has 0 aliphatic heterocycles. The van der Waals surface area contributed by atoms with Crippen LogP contribution >= 0.6 is 11.3 Å². The first-order valence-electron chi connectivity index (χ1n) is 8.39. The van der Waals surface area contributed by atoms with E-state index in [0.717, 1.165) is 12.8 Å². The third-order valence-electron chi connectivity index (χ3n) is 3.89. The van der Waals surface area contributed by atoms with Gasteiger partial charge in [-0.15, -0.1) is 11.3 Å². The molecular formula is C17H23N3O5S. The maximum absolute atomic E-state index is 12.3. The van der Waals surface area contributed by atoms with Crippen molar-refractivity contribution in [1.82, 2.24) is 9.97 Å². The average Bonchev–Trinajstić information content (AvgIpc) is 2.96. The van der Waals surface area contributed by atoms with Crippen LogP contribution in [0.2, 0.25) is 0 Å². The molecule has 0 aliphatic rings. The Morgan fingerprint density at radius 1 is 1.35 bits per heavy atom. The van der Waals surface area contributed by atoms with Crippen molar-refractivity contribution in [3.8, 4) is 0 Å². The highest BCUT2D eigenvalue weighted by atomic mass is 32.1. The van der Waals surface area contributed by atoms with Gasteiger partial charge in [-0.3, -0.25) is 0 Å². The number of carboxylic acids is 1. The molecule has 142 valence electrons. The monoisotopic (exact) mass is 381 g/mol. The number of esters is 1. The van der Waals surface area contributed by atoms with E-state index in [-0.39, 0.29) is 6.61 Å². The molecule has 0 radical (unpaired) electrons. The molecule has 0 fully saturated rings. The predicted octanol–water partition coefficient (Wildman–Crippen LogP) is 2.86. The van der Waals surface area contributed by atoms with Crippen molar-refractivity contribution in [1.29, 1.82) is 0 Å². The zero-order chi connectivity index (χ0) is 19.1. The Morgan fingerprint density at radius 3 is 2.77 bits per heavy atom. The van der Waals surface area contributed by atoms with Gasteiger partial charge in [0.25, 0.3) is 0 Å². The molecule has 0 saturated heterocycles. The lowest BCUT2D eigenvalue weighted by Crippen LogP contribution is -2.29. The van der Waals surface area contributed by atoms with Crippen molar-refractivity contribution in [2.24, 2.45) is 0 Å². The second kappa shape index (κ2) is 9.44. The largest absolute Gasteiger partial charge is 0.480 e. The summed E-state index contributed by atoms with van der Waals surface area (Å²) in [5.41, 5.74) is 0.676. The summed E-state index contributed by atoms with van der Waals surface area (Å²) in [7, 11) is 1.53. The Labute approximate surface area is 155 Å². The van der Waals surface area contributed by atoms with Gasteiger partial charge >= 0.3 is 11.9 Å². The van der Waals surface area contributed by atoms with Gasteiger partial charge in [-0.2, -0.15) is 0 Å². The summed E-state index contributed by atoms with van der Waals surface area (Å²) in [4.78, 5) is 33.2. The summed E-state index contributed by atoms with van der Waals surface area (Å²) in [5, 5.41) is 13.1. The molecule has 0 bridgehead atoms. The van der Waals surface area contributed by atoms with Crippen LogP contribution in [0.4, 0.5) is 5.82 Å². The van der Waals surface area contributed by atoms with Crippen molar-refractivity contribution in [2.75, 3.05) is 25.6 Å². The van der Waals surface area contributed by atoms with E-state index >= 15 is 0 Å². The smallest absolute Gasteiger partial charge is 0.348 e. The second-order valence-electron chi connectivity index (χ2n) is 5.76. The molecule has 2 rings (SSSR count). The number of hydrogen-bond acceptors (Lipinski definition) is 8. The summed E-state index contributed by atoms with van der Waals surface area (Å²) < 4.78 is 10.0. The molecule has 8 nitrogen and oxygen atoms in total. The van der Waals surface area contributed by atoms with E-state index in [1.54, 1.807) is 6.92 Å². The van der Waals surface area contributed by atoms with Crippen LogP contribution in [0.15, 0.2) is 6.33 Å². The highest BCUT2D eigenvalue weighted by molar-refractivity contribution is 7.20. The number of nitrogens with one attached hydrogen (secondary N) is 1. The SMILES string of the molecule is CCCCC(Nc1ncnc2sc(C(=O)OCCOC)c(C)c12)C(=O)O. The zero-order valence-corrected chi connectivity index (χ0v) is 15.9. The van der Waals surface area contributed by atoms with Crippen molar-refractivity contribution in [2.45, 2.75) is 39.2 Å². The molecule has 1 unspecified atom stereocenters. The standard InChI is InChI=1S/C17H23N3O5S/c1-4-5-6-11(16(21)22)20-14-12-10(2)13(17(23)25-8-7-24-3)26-15(12)19-9-18-14/h9,11H,4-8H2,1-3H3,(H,21,22)(H,18,19,20). The maximum atomic E-state index is 12.3. The van der Waals surface area contributed by atoms with Crippen LogP contribution in [0.1, 0.15) is 41.4 Å². The molecule has 2 N–H and O–H groups in total. The number of nitrogens with zero attached hydrogens (tertiary/aromatic N) is 2. The Bertz CT molecular complexity index is 777. The fourth-order valence-corrected chi connectivity index (χ4v) is 3.53. The van der Waals surface area contributed by atoms with Gasteiger partial charge in [-0.1, -0.05) is 19.8 Å². The van der Waals surface area contributed by atoms with E-state index in [0.29, 0.717) is 39.5 Å². The quantitative estimate of drug-likeness (QED) is 0.477. The number of carbonyl (C=O) groups excluding carboxylic acids is 1. The normalized spacial score (nSPS) is 12.1. The molecule has 1 atom stereocenters. The molecule has 26 heavy (non-hydrogen) atoms. The molecule has 2 heterocycles. The minimum absolute atomic E-state index is 0.165. The molecular weight excluding hydrogens is 358 g/mol. The lowest BCUT2D eigenvalue weighted by atomic mass is 10.1. The van der Waals surface area contributed by atoms with Gasteiger partial charge in [-0.05, 0) is 18.9 Å². The van der Waals surface area contributed by atoms with Gasteiger partial charge in [0.1, 0.15) is 34.5 Å². The number of rotatable bonds is 10. The van der Waals surface area contributed by atoms with Crippen molar-refractivity contribution in [3.05, 3.63) is 16.8 Å². The first kappa shape index (κ1) is 20.1. The highest BCUT2D eigenvalue weighted by Gasteiger charge is 2.23. The van der Waals surface area contributed by atoms with Gasteiger partial charge in [-0.25, -0.2) is 19.6 Å². The van der Waals surface area contributed by atoms with Crippen LogP contribution < -0.4 is 5.32 Å². The molecule has 0 saturated carbocycles. The number of hydrogen-bond donors (Lipinski definition) is 2. The Hall–Kier alpha value is -2.26. The number of methoxy groups -OCH3 is 1. The minimum atomic E-state index is -0.933. The van der Waals surface area contributed by atoms with Gasteiger partial charge in [0.15, 0.2) is 0 Å². The number of anilines is 1. The average molecular weight is 381 g/mol. The summed E-state index contributed by atoms with van der Waals surface area (Å²) in [6.07, 6.45) is 3.54. The van der Waals surface area contributed by atoms with Crippen LogP contribution in [0, 0.1) is 6.92 Å². The number of aliphatic carboxylic acids is 1. The zero-order valence-electron chi connectivity index (χ0n) is 15.1. The van der Waals surface area contributed by atoms with Crippen LogP contribution in [0.5, 0.6) is 0 Å². The van der Waals surface area contributed by atoms with E-state index in [2.05, 4.69) is 15.3 Å². The van der Waals surface area contributed by atoms with E-state index < -0.39 is 18.0 Å². The van der Waals surface area contributed by atoms with Gasteiger partial charge in [0.2, 0.25) is 0 Å². The first-order chi connectivity index (χ1) is 12.5. The Morgan fingerprint density at radius 2 is 2.12 bits per heavy atom.